The van der Waals surface area contributed by atoms with Gasteiger partial charge in [-0.2, -0.15) is 0 Å². The number of ether oxygens (including phenoxy) is 2. The summed E-state index contributed by atoms with van der Waals surface area (Å²) in [6.07, 6.45) is 0.620. The van der Waals surface area contributed by atoms with Gasteiger partial charge in [0.15, 0.2) is 5.79 Å². The van der Waals surface area contributed by atoms with Crippen LogP contribution in [0.2, 0.25) is 0 Å². The van der Waals surface area contributed by atoms with Crippen molar-refractivity contribution < 1.29 is 14.3 Å². The lowest BCUT2D eigenvalue weighted by atomic mass is 9.94. The van der Waals surface area contributed by atoms with Crippen molar-refractivity contribution in [2.45, 2.75) is 32.5 Å². The lowest BCUT2D eigenvalue weighted by molar-refractivity contribution is -0.221. The Hall–Kier alpha value is -1.39. The Balaban J connectivity index is 3.16. The first-order valence-corrected chi connectivity index (χ1v) is 5.91. The number of carbonyl (C=O) groups is 1. The maximum atomic E-state index is 11.0. The fraction of sp³-hybridized carbons (Fsp3) is 0.500. The van der Waals surface area contributed by atoms with Crippen LogP contribution in [0.25, 0.3) is 0 Å². The minimum Gasteiger partial charge on any atom is -0.370 e. The molecule has 0 saturated carbocycles. The van der Waals surface area contributed by atoms with Crippen molar-refractivity contribution in [3.05, 3.63) is 34.9 Å². The van der Waals surface area contributed by atoms with Gasteiger partial charge in [-0.05, 0) is 19.4 Å². The molecule has 100 valence electrons. The van der Waals surface area contributed by atoms with Crippen molar-refractivity contribution in [3.8, 4) is 0 Å². The van der Waals surface area contributed by atoms with Crippen LogP contribution >= 0.6 is 0 Å². The summed E-state index contributed by atoms with van der Waals surface area (Å²) in [5.41, 5.74) is 8.33. The summed E-state index contributed by atoms with van der Waals surface area (Å²) in [6.45, 7) is 4.00. The van der Waals surface area contributed by atoms with Crippen LogP contribution in [0, 0.1) is 13.8 Å². The van der Waals surface area contributed by atoms with E-state index in [4.69, 9.17) is 15.2 Å². The second-order valence-corrected chi connectivity index (χ2v) is 4.45. The van der Waals surface area contributed by atoms with Crippen LogP contribution in [-0.4, -0.2) is 20.1 Å². The first-order chi connectivity index (χ1) is 8.45. The number of amides is 1. The van der Waals surface area contributed by atoms with E-state index in [-0.39, 0.29) is 12.3 Å². The molecule has 4 heteroatoms. The van der Waals surface area contributed by atoms with E-state index in [1.165, 1.54) is 0 Å². The molecule has 0 radical (unpaired) electrons. The van der Waals surface area contributed by atoms with E-state index >= 15 is 0 Å². The highest BCUT2D eigenvalue weighted by Gasteiger charge is 2.33. The molecular formula is C14H21NO3. The molecule has 2 N–H and O–H groups in total. The summed E-state index contributed by atoms with van der Waals surface area (Å²) >= 11 is 0. The Kier molecular flexibility index (Phi) is 4.87. The van der Waals surface area contributed by atoms with Crippen molar-refractivity contribution in [2.24, 2.45) is 5.73 Å². The highest BCUT2D eigenvalue weighted by atomic mass is 16.7. The molecule has 0 atom stereocenters. The number of hydrogen-bond acceptors (Lipinski definition) is 3. The predicted molar refractivity (Wildman–Crippen MR) is 70.0 cm³/mol. The third kappa shape index (κ3) is 3.09. The normalized spacial score (nSPS) is 11.6. The fourth-order valence-electron chi connectivity index (χ4n) is 2.08. The fourth-order valence-corrected chi connectivity index (χ4v) is 2.08. The molecule has 1 aromatic carbocycles. The second-order valence-electron chi connectivity index (χ2n) is 4.45. The number of hydrogen-bond donors (Lipinski definition) is 1. The highest BCUT2D eigenvalue weighted by molar-refractivity contribution is 5.73. The molecule has 0 fully saturated rings. The number of rotatable bonds is 6. The van der Waals surface area contributed by atoms with Gasteiger partial charge in [-0.1, -0.05) is 23.8 Å². The van der Waals surface area contributed by atoms with Crippen LogP contribution in [-0.2, 0) is 20.1 Å². The zero-order valence-electron chi connectivity index (χ0n) is 11.4. The molecule has 0 aliphatic rings. The van der Waals surface area contributed by atoms with Gasteiger partial charge in [0, 0.05) is 32.6 Å². The lowest BCUT2D eigenvalue weighted by Crippen LogP contribution is -2.33. The van der Waals surface area contributed by atoms with Crippen molar-refractivity contribution in [2.75, 3.05) is 14.2 Å². The van der Waals surface area contributed by atoms with Gasteiger partial charge in [0.1, 0.15) is 0 Å². The van der Waals surface area contributed by atoms with Gasteiger partial charge in [0.2, 0.25) is 5.91 Å². The van der Waals surface area contributed by atoms with Gasteiger partial charge < -0.3 is 15.2 Å². The van der Waals surface area contributed by atoms with Crippen molar-refractivity contribution in [1.82, 2.24) is 0 Å². The van der Waals surface area contributed by atoms with Gasteiger partial charge in [-0.15, -0.1) is 0 Å². The molecule has 0 aliphatic carbocycles. The molecule has 0 saturated heterocycles. The molecule has 1 aromatic rings. The third-order valence-corrected chi connectivity index (χ3v) is 3.16. The lowest BCUT2D eigenvalue weighted by Gasteiger charge is -2.32. The van der Waals surface area contributed by atoms with Crippen LogP contribution in [0.4, 0.5) is 0 Å². The molecule has 0 spiro atoms. The van der Waals surface area contributed by atoms with Crippen LogP contribution in [0.1, 0.15) is 29.5 Å². The maximum Gasteiger partial charge on any atom is 0.217 e. The largest absolute Gasteiger partial charge is 0.370 e. The monoisotopic (exact) mass is 251 g/mol. The predicted octanol–water partition coefficient (Wildman–Crippen LogP) is 2.01. The Morgan fingerprint density at radius 3 is 2.39 bits per heavy atom. The molecule has 1 rings (SSSR count). The van der Waals surface area contributed by atoms with E-state index in [2.05, 4.69) is 0 Å². The number of nitrogens with two attached hydrogens (primary N) is 1. The first kappa shape index (κ1) is 14.7. The number of aryl methyl sites for hydroxylation is 2. The van der Waals surface area contributed by atoms with E-state index in [1.807, 2.05) is 32.0 Å². The van der Waals surface area contributed by atoms with Gasteiger partial charge >= 0.3 is 0 Å². The average Bonchev–Trinajstić information content (AvgIpc) is 2.35. The average molecular weight is 251 g/mol. The molecule has 0 bridgehead atoms. The Morgan fingerprint density at radius 2 is 1.89 bits per heavy atom. The summed E-state index contributed by atoms with van der Waals surface area (Å²) in [5, 5.41) is 0. The van der Waals surface area contributed by atoms with Gasteiger partial charge in [0.05, 0.1) is 0 Å². The minimum absolute atomic E-state index is 0.217. The summed E-state index contributed by atoms with van der Waals surface area (Å²) in [6, 6.07) is 6.06. The van der Waals surface area contributed by atoms with Crippen LogP contribution in [0.5, 0.6) is 0 Å². The molecule has 1 amide bonds. The SMILES string of the molecule is COC(CCC(N)=O)(OC)c1cc(C)ccc1C. The topological polar surface area (TPSA) is 61.5 Å². The molecule has 18 heavy (non-hydrogen) atoms. The standard InChI is InChI=1S/C14H21NO3/c1-10-5-6-11(2)12(9-10)14(17-3,18-4)8-7-13(15)16/h5-6,9H,7-8H2,1-4H3,(H2,15,16). The van der Waals surface area contributed by atoms with Crippen molar-refractivity contribution in [1.29, 1.82) is 0 Å². The van der Waals surface area contributed by atoms with Crippen LogP contribution < -0.4 is 5.73 Å². The number of carbonyl (C=O) groups excluding carboxylic acids is 1. The highest BCUT2D eigenvalue weighted by Crippen LogP contribution is 2.33. The van der Waals surface area contributed by atoms with E-state index in [9.17, 15) is 4.79 Å². The van der Waals surface area contributed by atoms with E-state index in [0.717, 1.165) is 16.7 Å². The van der Waals surface area contributed by atoms with E-state index < -0.39 is 5.79 Å². The van der Waals surface area contributed by atoms with Crippen molar-refractivity contribution >= 4 is 5.91 Å². The molecule has 0 unspecified atom stereocenters. The molecular weight excluding hydrogens is 230 g/mol. The zero-order chi connectivity index (χ0) is 13.8. The Bertz CT molecular complexity index is 425. The summed E-state index contributed by atoms with van der Waals surface area (Å²) in [7, 11) is 3.15. The zero-order valence-corrected chi connectivity index (χ0v) is 11.4. The summed E-state index contributed by atoms with van der Waals surface area (Å²) < 4.78 is 11.1. The molecule has 0 heterocycles. The Morgan fingerprint density at radius 1 is 1.28 bits per heavy atom. The van der Waals surface area contributed by atoms with Crippen molar-refractivity contribution in [3.63, 3.8) is 0 Å². The number of methoxy groups -OCH3 is 2. The Labute approximate surface area is 108 Å². The number of primary amides is 1. The molecule has 0 aliphatic heterocycles. The molecule has 0 aromatic heterocycles. The van der Waals surface area contributed by atoms with E-state index in [0.29, 0.717) is 6.42 Å². The quantitative estimate of drug-likeness (QED) is 0.787. The maximum absolute atomic E-state index is 11.0. The first-order valence-electron chi connectivity index (χ1n) is 5.91. The second kappa shape index (κ2) is 5.98. The third-order valence-electron chi connectivity index (χ3n) is 3.16. The van der Waals surface area contributed by atoms with Crippen LogP contribution in [0.3, 0.4) is 0 Å². The van der Waals surface area contributed by atoms with Gasteiger partial charge in [-0.25, -0.2) is 0 Å². The smallest absolute Gasteiger partial charge is 0.217 e. The van der Waals surface area contributed by atoms with E-state index in [1.54, 1.807) is 14.2 Å². The molecule has 4 nitrogen and oxygen atoms in total. The summed E-state index contributed by atoms with van der Waals surface area (Å²) in [5.74, 6) is -1.27. The van der Waals surface area contributed by atoms with Crippen LogP contribution in [0.15, 0.2) is 18.2 Å². The van der Waals surface area contributed by atoms with Gasteiger partial charge in [-0.3, -0.25) is 4.79 Å². The summed E-state index contributed by atoms with van der Waals surface area (Å²) in [4.78, 5) is 11.0. The number of benzene rings is 1. The van der Waals surface area contributed by atoms with Gasteiger partial charge in [0.25, 0.3) is 0 Å². The minimum atomic E-state index is -0.912.